The Kier molecular flexibility index (Phi) is 5.40. The maximum absolute atomic E-state index is 5.12. The molecule has 1 heterocycles. The lowest BCUT2D eigenvalue weighted by Gasteiger charge is -2.18. The molecule has 1 unspecified atom stereocenters. The van der Waals surface area contributed by atoms with Gasteiger partial charge in [0.2, 0.25) is 0 Å². The zero-order chi connectivity index (χ0) is 9.52. The molecule has 2 rings (SSSR count). The van der Waals surface area contributed by atoms with Crippen LogP contribution in [0.5, 0.6) is 0 Å². The molecule has 76 valence electrons. The topological polar surface area (TPSA) is 38.5 Å². The van der Waals surface area contributed by atoms with Crippen molar-refractivity contribution in [1.29, 1.82) is 0 Å². The first kappa shape index (κ1) is 11.0. The summed E-state index contributed by atoms with van der Waals surface area (Å²) in [6.07, 6.45) is 8.52. The predicted octanol–water partition coefficient (Wildman–Crippen LogP) is 2.30. The standard InChI is InChI=1S/C8H13O.C3H8N/c1-2-4-7(5-3-1)8-6-9-8;1-2-3-4/h6-8H,1-5H2;1-4H2. The molecule has 13 heavy (non-hydrogen) atoms. The number of hydrogen-bond donors (Lipinski definition) is 1. The Balaban J connectivity index is 0.000000184. The summed E-state index contributed by atoms with van der Waals surface area (Å²) < 4.78 is 5.12. The predicted molar refractivity (Wildman–Crippen MR) is 54.8 cm³/mol. The molecule has 1 saturated heterocycles. The van der Waals surface area contributed by atoms with E-state index >= 15 is 0 Å². The molecule has 1 atom stereocenters. The van der Waals surface area contributed by atoms with Crippen molar-refractivity contribution in [1.82, 2.24) is 0 Å². The molecule has 2 N–H and O–H groups in total. The second kappa shape index (κ2) is 6.39. The van der Waals surface area contributed by atoms with Gasteiger partial charge in [0.15, 0.2) is 0 Å². The molecule has 1 aliphatic heterocycles. The van der Waals surface area contributed by atoms with Crippen LogP contribution in [0.15, 0.2) is 0 Å². The average molecular weight is 183 g/mol. The van der Waals surface area contributed by atoms with E-state index in [-0.39, 0.29) is 0 Å². The van der Waals surface area contributed by atoms with Crippen molar-refractivity contribution in [3.05, 3.63) is 13.5 Å². The first-order valence-electron chi connectivity index (χ1n) is 5.36. The fourth-order valence-corrected chi connectivity index (χ4v) is 1.73. The summed E-state index contributed by atoms with van der Waals surface area (Å²) in [5.41, 5.74) is 4.97. The molecule has 1 aliphatic carbocycles. The molecule has 2 heteroatoms. The number of ether oxygens (including phenoxy) is 1. The highest BCUT2D eigenvalue weighted by atomic mass is 16.6. The maximum atomic E-state index is 5.12. The second-order valence-corrected chi connectivity index (χ2v) is 3.78. The minimum Gasteiger partial charge on any atom is -0.366 e. The van der Waals surface area contributed by atoms with Crippen molar-refractivity contribution in [3.63, 3.8) is 0 Å². The van der Waals surface area contributed by atoms with Crippen LogP contribution in [0.4, 0.5) is 0 Å². The van der Waals surface area contributed by atoms with Crippen molar-refractivity contribution in [2.75, 3.05) is 6.54 Å². The van der Waals surface area contributed by atoms with Gasteiger partial charge in [-0.25, -0.2) is 0 Å². The van der Waals surface area contributed by atoms with Gasteiger partial charge in [-0.15, -0.1) is 0 Å². The minimum absolute atomic E-state index is 0.560. The van der Waals surface area contributed by atoms with E-state index in [0.717, 1.165) is 12.3 Å². The van der Waals surface area contributed by atoms with E-state index in [1.807, 2.05) is 6.61 Å². The Morgan fingerprint density at radius 3 is 2.23 bits per heavy atom. The fraction of sp³-hybridized carbons (Fsp3) is 0.818. The zero-order valence-electron chi connectivity index (χ0n) is 8.37. The number of nitrogens with two attached hydrogens (primary N) is 1. The quantitative estimate of drug-likeness (QED) is 0.667. The van der Waals surface area contributed by atoms with Crippen molar-refractivity contribution < 1.29 is 4.74 Å². The molecule has 0 aromatic heterocycles. The Labute approximate surface area is 81.8 Å². The largest absolute Gasteiger partial charge is 0.366 e. The molecule has 2 aliphatic rings. The lowest BCUT2D eigenvalue weighted by molar-refractivity contribution is 0.268. The molecular formula is C11H21NO. The van der Waals surface area contributed by atoms with E-state index < -0.39 is 0 Å². The molecule has 0 spiro atoms. The van der Waals surface area contributed by atoms with Crippen molar-refractivity contribution in [2.24, 2.45) is 11.7 Å². The Morgan fingerprint density at radius 2 is 1.85 bits per heavy atom. The third-order valence-electron chi connectivity index (χ3n) is 2.61. The van der Waals surface area contributed by atoms with Crippen molar-refractivity contribution in [2.45, 2.75) is 44.6 Å². The van der Waals surface area contributed by atoms with Crippen LogP contribution in [0.1, 0.15) is 38.5 Å². The van der Waals surface area contributed by atoms with E-state index in [0.29, 0.717) is 12.6 Å². The highest BCUT2D eigenvalue weighted by molar-refractivity contribution is 4.90. The third-order valence-corrected chi connectivity index (χ3v) is 2.61. The number of rotatable bonds is 2. The summed E-state index contributed by atoms with van der Waals surface area (Å²) in [4.78, 5) is 0. The highest BCUT2D eigenvalue weighted by Crippen LogP contribution is 2.35. The van der Waals surface area contributed by atoms with E-state index in [2.05, 4.69) is 6.92 Å². The molecule has 2 nitrogen and oxygen atoms in total. The smallest absolute Gasteiger partial charge is 0.113 e. The van der Waals surface area contributed by atoms with Crippen molar-refractivity contribution >= 4 is 0 Å². The summed E-state index contributed by atoms with van der Waals surface area (Å²) in [5.74, 6) is 0.888. The molecule has 2 radical (unpaired) electrons. The van der Waals surface area contributed by atoms with Gasteiger partial charge in [0.1, 0.15) is 6.61 Å². The van der Waals surface area contributed by atoms with Gasteiger partial charge in [-0.05, 0) is 31.7 Å². The summed E-state index contributed by atoms with van der Waals surface area (Å²) in [7, 11) is 0. The minimum atomic E-state index is 0.560. The third kappa shape index (κ3) is 4.63. The van der Waals surface area contributed by atoms with Crippen LogP contribution in [0.2, 0.25) is 0 Å². The maximum Gasteiger partial charge on any atom is 0.113 e. The molecule has 0 aromatic carbocycles. The van der Waals surface area contributed by atoms with E-state index in [9.17, 15) is 0 Å². The van der Waals surface area contributed by atoms with Crippen molar-refractivity contribution in [3.8, 4) is 0 Å². The number of hydrogen-bond acceptors (Lipinski definition) is 2. The first-order chi connectivity index (χ1) is 6.38. The molecule has 0 aromatic rings. The van der Waals surface area contributed by atoms with Gasteiger partial charge in [0.25, 0.3) is 0 Å². The normalized spacial score (nSPS) is 27.7. The Hall–Kier alpha value is -0.0800. The molecule has 2 fully saturated rings. The lowest BCUT2D eigenvalue weighted by Crippen LogP contribution is -2.11. The monoisotopic (exact) mass is 183 g/mol. The van der Waals surface area contributed by atoms with E-state index in [1.165, 1.54) is 32.1 Å². The molecule has 0 amide bonds. The van der Waals surface area contributed by atoms with Crippen LogP contribution in [-0.4, -0.2) is 12.6 Å². The van der Waals surface area contributed by atoms with Gasteiger partial charge >= 0.3 is 0 Å². The van der Waals surface area contributed by atoms with Crippen LogP contribution in [0.25, 0.3) is 0 Å². The van der Waals surface area contributed by atoms with Gasteiger partial charge in [-0.3, -0.25) is 0 Å². The fourth-order valence-electron chi connectivity index (χ4n) is 1.73. The average Bonchev–Trinajstić information content (AvgIpc) is 3.03. The van der Waals surface area contributed by atoms with Gasteiger partial charge < -0.3 is 10.5 Å². The number of epoxide rings is 1. The summed E-state index contributed by atoms with van der Waals surface area (Å²) >= 11 is 0. The Morgan fingerprint density at radius 1 is 1.31 bits per heavy atom. The highest BCUT2D eigenvalue weighted by Gasteiger charge is 2.33. The SMILES string of the molecule is [CH2]CCN.[CH]1OC1C1CCCCC1. The Bertz CT molecular complexity index is 115. The first-order valence-corrected chi connectivity index (χ1v) is 5.36. The molecular weight excluding hydrogens is 162 g/mol. The molecule has 1 saturated carbocycles. The van der Waals surface area contributed by atoms with Crippen LogP contribution in [0.3, 0.4) is 0 Å². The van der Waals surface area contributed by atoms with Gasteiger partial charge in [-0.2, -0.15) is 0 Å². The van der Waals surface area contributed by atoms with Crippen LogP contribution in [0, 0.1) is 19.4 Å². The van der Waals surface area contributed by atoms with Gasteiger partial charge in [0.05, 0.1) is 6.10 Å². The lowest BCUT2D eigenvalue weighted by atomic mass is 9.87. The van der Waals surface area contributed by atoms with Gasteiger partial charge in [0, 0.05) is 0 Å². The summed E-state index contributed by atoms with van der Waals surface area (Å²) in [6, 6.07) is 0. The van der Waals surface area contributed by atoms with Crippen LogP contribution < -0.4 is 5.73 Å². The second-order valence-electron chi connectivity index (χ2n) is 3.78. The van der Waals surface area contributed by atoms with E-state index in [1.54, 1.807) is 0 Å². The zero-order valence-corrected chi connectivity index (χ0v) is 8.37. The van der Waals surface area contributed by atoms with Gasteiger partial charge in [-0.1, -0.05) is 26.2 Å². The van der Waals surface area contributed by atoms with Crippen LogP contribution in [-0.2, 0) is 4.74 Å². The summed E-state index contributed by atoms with van der Waals surface area (Å²) in [5, 5.41) is 0. The van der Waals surface area contributed by atoms with Crippen LogP contribution >= 0.6 is 0 Å². The molecule has 0 bridgehead atoms. The summed E-state index contributed by atoms with van der Waals surface area (Å²) in [6.45, 7) is 6.17. The van der Waals surface area contributed by atoms with E-state index in [4.69, 9.17) is 10.5 Å².